The number of carbonyl (C=O) groups excluding carboxylic acids is 1. The molecule has 1 heterocycles. The lowest BCUT2D eigenvalue weighted by atomic mass is 9.97. The van der Waals surface area contributed by atoms with Crippen molar-refractivity contribution in [3.05, 3.63) is 11.7 Å². The van der Waals surface area contributed by atoms with Crippen LogP contribution in [0.2, 0.25) is 0 Å². The molecular formula is C10H17N3O2. The summed E-state index contributed by atoms with van der Waals surface area (Å²) >= 11 is 0. The second-order valence-electron chi connectivity index (χ2n) is 4.43. The molecule has 0 atom stereocenters. The molecule has 5 heteroatoms. The standard InChI is InChI=1S/C10H17N3O2/c1-5-6-11-8(14)7-12-9(15-13-7)10(2,3)4/h5-6H2,1-4H3,(H,11,14). The van der Waals surface area contributed by atoms with Crippen molar-refractivity contribution in [2.45, 2.75) is 39.5 Å². The van der Waals surface area contributed by atoms with Crippen LogP contribution >= 0.6 is 0 Å². The Labute approximate surface area is 89.2 Å². The summed E-state index contributed by atoms with van der Waals surface area (Å²) in [5.41, 5.74) is -0.226. The molecule has 0 spiro atoms. The van der Waals surface area contributed by atoms with E-state index in [4.69, 9.17) is 4.52 Å². The van der Waals surface area contributed by atoms with E-state index in [1.165, 1.54) is 0 Å². The fourth-order valence-corrected chi connectivity index (χ4v) is 0.938. The van der Waals surface area contributed by atoms with Crippen molar-refractivity contribution in [2.75, 3.05) is 6.54 Å². The first-order chi connectivity index (χ1) is 6.95. The maximum absolute atomic E-state index is 11.4. The van der Waals surface area contributed by atoms with Crippen LogP contribution in [0.1, 0.15) is 50.6 Å². The van der Waals surface area contributed by atoms with Gasteiger partial charge in [-0.15, -0.1) is 0 Å². The monoisotopic (exact) mass is 211 g/mol. The fourth-order valence-electron chi connectivity index (χ4n) is 0.938. The number of rotatable bonds is 3. The van der Waals surface area contributed by atoms with Crippen molar-refractivity contribution in [1.82, 2.24) is 15.5 Å². The molecular weight excluding hydrogens is 194 g/mol. The van der Waals surface area contributed by atoms with Gasteiger partial charge in [0.2, 0.25) is 5.89 Å². The van der Waals surface area contributed by atoms with E-state index in [1.807, 2.05) is 27.7 Å². The molecule has 0 unspecified atom stereocenters. The average Bonchev–Trinajstić information content (AvgIpc) is 2.62. The molecule has 84 valence electrons. The Bertz CT molecular complexity index is 339. The van der Waals surface area contributed by atoms with E-state index in [2.05, 4.69) is 15.5 Å². The molecule has 0 fully saturated rings. The summed E-state index contributed by atoms with van der Waals surface area (Å²) in [5, 5.41) is 6.33. The average molecular weight is 211 g/mol. The number of nitrogens with zero attached hydrogens (tertiary/aromatic N) is 2. The predicted molar refractivity (Wildman–Crippen MR) is 55.6 cm³/mol. The lowest BCUT2D eigenvalue weighted by Gasteiger charge is -2.10. The molecule has 0 aromatic carbocycles. The van der Waals surface area contributed by atoms with E-state index in [0.29, 0.717) is 12.4 Å². The first-order valence-corrected chi connectivity index (χ1v) is 5.07. The van der Waals surface area contributed by atoms with E-state index in [0.717, 1.165) is 6.42 Å². The zero-order valence-electron chi connectivity index (χ0n) is 9.63. The third-order valence-electron chi connectivity index (χ3n) is 1.81. The minimum absolute atomic E-state index is 0.105. The van der Waals surface area contributed by atoms with Crippen molar-refractivity contribution in [2.24, 2.45) is 0 Å². The van der Waals surface area contributed by atoms with Crippen molar-refractivity contribution in [1.29, 1.82) is 0 Å². The SMILES string of the molecule is CCCNC(=O)c1noc(C(C)(C)C)n1. The van der Waals surface area contributed by atoms with Gasteiger partial charge < -0.3 is 9.84 Å². The van der Waals surface area contributed by atoms with Gasteiger partial charge in [0.1, 0.15) is 0 Å². The maximum atomic E-state index is 11.4. The third kappa shape index (κ3) is 3.04. The van der Waals surface area contributed by atoms with Crippen molar-refractivity contribution in [3.8, 4) is 0 Å². The quantitative estimate of drug-likeness (QED) is 0.822. The molecule has 0 aliphatic carbocycles. The van der Waals surface area contributed by atoms with Crippen LogP contribution in [0.5, 0.6) is 0 Å². The van der Waals surface area contributed by atoms with Gasteiger partial charge in [0.15, 0.2) is 0 Å². The van der Waals surface area contributed by atoms with E-state index < -0.39 is 0 Å². The number of amides is 1. The molecule has 0 bridgehead atoms. The van der Waals surface area contributed by atoms with E-state index in [1.54, 1.807) is 0 Å². The summed E-state index contributed by atoms with van der Waals surface area (Å²) in [5.74, 6) is 0.300. The summed E-state index contributed by atoms with van der Waals surface area (Å²) in [4.78, 5) is 15.5. The van der Waals surface area contributed by atoms with Crippen molar-refractivity contribution >= 4 is 5.91 Å². The minimum Gasteiger partial charge on any atom is -0.349 e. The number of aromatic nitrogens is 2. The molecule has 1 amide bonds. The van der Waals surface area contributed by atoms with E-state index >= 15 is 0 Å². The number of carbonyl (C=O) groups is 1. The van der Waals surface area contributed by atoms with Gasteiger partial charge in [-0.2, -0.15) is 4.98 Å². The van der Waals surface area contributed by atoms with Crippen molar-refractivity contribution in [3.63, 3.8) is 0 Å². The molecule has 0 saturated heterocycles. The molecule has 0 radical (unpaired) electrons. The first kappa shape index (κ1) is 11.7. The van der Waals surface area contributed by atoms with Crippen LogP contribution in [0.3, 0.4) is 0 Å². The van der Waals surface area contributed by atoms with Gasteiger partial charge in [0.05, 0.1) is 0 Å². The third-order valence-corrected chi connectivity index (χ3v) is 1.81. The van der Waals surface area contributed by atoms with Crippen LogP contribution in [0, 0.1) is 0 Å². The normalized spacial score (nSPS) is 11.5. The van der Waals surface area contributed by atoms with Gasteiger partial charge in [-0.3, -0.25) is 4.79 Å². The zero-order chi connectivity index (χ0) is 11.5. The topological polar surface area (TPSA) is 68.0 Å². The molecule has 1 N–H and O–H groups in total. The van der Waals surface area contributed by atoms with Crippen LogP contribution < -0.4 is 5.32 Å². The highest BCUT2D eigenvalue weighted by Crippen LogP contribution is 2.19. The maximum Gasteiger partial charge on any atom is 0.292 e. The van der Waals surface area contributed by atoms with Gasteiger partial charge in [0, 0.05) is 12.0 Å². The lowest BCUT2D eigenvalue weighted by Crippen LogP contribution is -2.25. The van der Waals surface area contributed by atoms with Gasteiger partial charge in [0.25, 0.3) is 11.7 Å². The predicted octanol–water partition coefficient (Wildman–Crippen LogP) is 1.51. The van der Waals surface area contributed by atoms with Gasteiger partial charge in [-0.1, -0.05) is 32.9 Å². The summed E-state index contributed by atoms with van der Waals surface area (Å²) in [6.45, 7) is 8.46. The van der Waals surface area contributed by atoms with Crippen LogP contribution in [0.25, 0.3) is 0 Å². The minimum atomic E-state index is -0.281. The Morgan fingerprint density at radius 1 is 1.47 bits per heavy atom. The molecule has 0 aliphatic heterocycles. The first-order valence-electron chi connectivity index (χ1n) is 5.07. The van der Waals surface area contributed by atoms with Crippen molar-refractivity contribution < 1.29 is 9.32 Å². The van der Waals surface area contributed by atoms with E-state index in [-0.39, 0.29) is 17.1 Å². The highest BCUT2D eigenvalue weighted by Gasteiger charge is 2.23. The second-order valence-corrected chi connectivity index (χ2v) is 4.43. The Kier molecular flexibility index (Phi) is 3.44. The Balaban J connectivity index is 2.72. The lowest BCUT2D eigenvalue weighted by molar-refractivity contribution is 0.0940. The number of hydrogen-bond acceptors (Lipinski definition) is 4. The molecule has 1 rings (SSSR count). The number of nitrogens with one attached hydrogen (secondary N) is 1. The van der Waals surface area contributed by atoms with Crippen LogP contribution in [-0.4, -0.2) is 22.6 Å². The molecule has 1 aromatic heterocycles. The van der Waals surface area contributed by atoms with Gasteiger partial charge >= 0.3 is 0 Å². The van der Waals surface area contributed by atoms with Gasteiger partial charge in [-0.25, -0.2) is 0 Å². The number of hydrogen-bond donors (Lipinski definition) is 1. The summed E-state index contributed by atoms with van der Waals surface area (Å²) in [6, 6.07) is 0. The smallest absolute Gasteiger partial charge is 0.292 e. The highest BCUT2D eigenvalue weighted by molar-refractivity contribution is 5.90. The summed E-state index contributed by atoms with van der Waals surface area (Å²) in [7, 11) is 0. The molecule has 15 heavy (non-hydrogen) atoms. The molecule has 0 aliphatic rings. The van der Waals surface area contributed by atoms with Crippen LogP contribution in [0.4, 0.5) is 0 Å². The largest absolute Gasteiger partial charge is 0.349 e. The Hall–Kier alpha value is -1.39. The molecule has 1 aromatic rings. The second kappa shape index (κ2) is 4.42. The highest BCUT2D eigenvalue weighted by atomic mass is 16.5. The zero-order valence-corrected chi connectivity index (χ0v) is 9.63. The van der Waals surface area contributed by atoms with Crippen LogP contribution in [0.15, 0.2) is 4.52 Å². The van der Waals surface area contributed by atoms with Crippen LogP contribution in [-0.2, 0) is 5.41 Å². The Morgan fingerprint density at radius 2 is 2.13 bits per heavy atom. The van der Waals surface area contributed by atoms with E-state index in [9.17, 15) is 4.79 Å². The fraction of sp³-hybridized carbons (Fsp3) is 0.700. The summed E-state index contributed by atoms with van der Waals surface area (Å²) in [6.07, 6.45) is 0.885. The summed E-state index contributed by atoms with van der Waals surface area (Å²) < 4.78 is 5.01. The Morgan fingerprint density at radius 3 is 2.60 bits per heavy atom. The molecule has 5 nitrogen and oxygen atoms in total. The molecule has 0 saturated carbocycles. The van der Waals surface area contributed by atoms with Gasteiger partial charge in [-0.05, 0) is 6.42 Å².